The quantitative estimate of drug-likeness (QED) is 0.381. The van der Waals surface area contributed by atoms with Crippen LogP contribution in [-0.4, -0.2) is 57.6 Å². The fourth-order valence-electron chi connectivity index (χ4n) is 4.14. The highest BCUT2D eigenvalue weighted by Crippen LogP contribution is 2.22. The van der Waals surface area contributed by atoms with Gasteiger partial charge in [0, 0.05) is 19.5 Å². The van der Waals surface area contributed by atoms with E-state index < -0.39 is 28.5 Å². The Labute approximate surface area is 225 Å². The Morgan fingerprint density at radius 3 is 2.21 bits per heavy atom. The number of anilines is 1. The molecule has 38 heavy (non-hydrogen) atoms. The summed E-state index contributed by atoms with van der Waals surface area (Å²) >= 11 is 0. The van der Waals surface area contributed by atoms with Crippen molar-refractivity contribution in [3.8, 4) is 5.75 Å². The molecule has 0 aliphatic rings. The topological polar surface area (TPSA) is 96.0 Å². The molecule has 8 nitrogen and oxygen atoms in total. The molecule has 202 valence electrons. The highest BCUT2D eigenvalue weighted by molar-refractivity contribution is 7.92. The van der Waals surface area contributed by atoms with Crippen LogP contribution in [0.5, 0.6) is 5.75 Å². The van der Waals surface area contributed by atoms with Crippen molar-refractivity contribution < 1.29 is 22.7 Å². The molecule has 0 radical (unpaired) electrons. The van der Waals surface area contributed by atoms with Crippen LogP contribution in [-0.2, 0) is 32.6 Å². The third kappa shape index (κ3) is 7.82. The van der Waals surface area contributed by atoms with Gasteiger partial charge in [-0.15, -0.1) is 0 Å². The number of nitrogens with one attached hydrogen (secondary N) is 1. The highest BCUT2D eigenvalue weighted by Gasteiger charge is 2.32. The van der Waals surface area contributed by atoms with Crippen molar-refractivity contribution in [3.05, 3.63) is 95.6 Å². The molecule has 0 saturated heterocycles. The zero-order valence-corrected chi connectivity index (χ0v) is 23.1. The van der Waals surface area contributed by atoms with Gasteiger partial charge in [0.2, 0.25) is 21.8 Å². The van der Waals surface area contributed by atoms with E-state index in [1.54, 1.807) is 43.5 Å². The zero-order valence-electron chi connectivity index (χ0n) is 22.3. The number of hydrogen-bond donors (Lipinski definition) is 1. The van der Waals surface area contributed by atoms with Gasteiger partial charge < -0.3 is 15.0 Å². The molecular formula is C29H35N3O5S. The second-order valence-electron chi connectivity index (χ2n) is 9.08. The molecule has 9 heteroatoms. The lowest BCUT2D eigenvalue weighted by molar-refractivity contribution is -0.140. The van der Waals surface area contributed by atoms with Crippen molar-refractivity contribution in [2.24, 2.45) is 0 Å². The number of aryl methyl sites for hydroxylation is 1. The second-order valence-corrected chi connectivity index (χ2v) is 11.0. The summed E-state index contributed by atoms with van der Waals surface area (Å²) in [6, 6.07) is 22.7. The van der Waals surface area contributed by atoms with Crippen LogP contribution in [0.2, 0.25) is 0 Å². The summed E-state index contributed by atoms with van der Waals surface area (Å²) in [6.07, 6.45) is 1.34. The van der Waals surface area contributed by atoms with Gasteiger partial charge in [-0.3, -0.25) is 13.9 Å². The number of likely N-dealkylation sites (N-methyl/N-ethyl adjacent to an activating group) is 1. The Bertz CT molecular complexity index is 1330. The largest absolute Gasteiger partial charge is 0.497 e. The number of hydrogen-bond acceptors (Lipinski definition) is 5. The third-order valence-electron chi connectivity index (χ3n) is 6.11. The molecule has 0 saturated carbocycles. The van der Waals surface area contributed by atoms with Gasteiger partial charge in [0.1, 0.15) is 18.3 Å². The summed E-state index contributed by atoms with van der Waals surface area (Å²) < 4.78 is 32.0. The molecule has 0 heterocycles. The van der Waals surface area contributed by atoms with Gasteiger partial charge in [0.15, 0.2) is 0 Å². The summed E-state index contributed by atoms with van der Waals surface area (Å²) in [5, 5.41) is 2.84. The first-order valence-electron chi connectivity index (χ1n) is 12.4. The van der Waals surface area contributed by atoms with Crippen LogP contribution in [0, 0.1) is 6.92 Å². The first-order chi connectivity index (χ1) is 18.1. The molecule has 1 atom stereocenters. The van der Waals surface area contributed by atoms with E-state index in [4.69, 9.17) is 4.74 Å². The molecule has 0 unspecified atom stereocenters. The molecule has 3 rings (SSSR count). The maximum absolute atomic E-state index is 13.9. The van der Waals surface area contributed by atoms with Gasteiger partial charge in [-0.2, -0.15) is 0 Å². The van der Waals surface area contributed by atoms with Crippen molar-refractivity contribution in [2.75, 3.05) is 30.8 Å². The first-order valence-corrected chi connectivity index (χ1v) is 14.3. The number of methoxy groups -OCH3 is 1. The van der Waals surface area contributed by atoms with Crippen molar-refractivity contribution in [1.82, 2.24) is 10.2 Å². The molecule has 1 N–H and O–H groups in total. The predicted molar refractivity (Wildman–Crippen MR) is 150 cm³/mol. The van der Waals surface area contributed by atoms with E-state index >= 15 is 0 Å². The third-order valence-corrected chi connectivity index (χ3v) is 7.25. The van der Waals surface area contributed by atoms with E-state index in [0.29, 0.717) is 18.0 Å². The molecule has 3 aromatic rings. The summed E-state index contributed by atoms with van der Waals surface area (Å²) in [7, 11) is -2.24. The van der Waals surface area contributed by atoms with Gasteiger partial charge >= 0.3 is 0 Å². The molecule has 0 aliphatic carbocycles. The van der Waals surface area contributed by atoms with Gasteiger partial charge in [0.05, 0.1) is 19.1 Å². The van der Waals surface area contributed by atoms with Crippen LogP contribution < -0.4 is 14.4 Å². The van der Waals surface area contributed by atoms with Crippen molar-refractivity contribution >= 4 is 27.5 Å². The number of rotatable bonds is 12. The van der Waals surface area contributed by atoms with E-state index in [0.717, 1.165) is 27.3 Å². The van der Waals surface area contributed by atoms with Gasteiger partial charge in [-0.05, 0) is 49.2 Å². The predicted octanol–water partition coefficient (Wildman–Crippen LogP) is 3.55. The minimum atomic E-state index is -3.79. The molecule has 0 bridgehead atoms. The van der Waals surface area contributed by atoms with Crippen molar-refractivity contribution in [2.45, 2.75) is 32.9 Å². The number of nitrogens with zero attached hydrogens (tertiary/aromatic N) is 2. The average molecular weight is 538 g/mol. The first kappa shape index (κ1) is 28.7. The summed E-state index contributed by atoms with van der Waals surface area (Å²) in [4.78, 5) is 28.7. The Hall–Kier alpha value is -3.85. The van der Waals surface area contributed by atoms with Gasteiger partial charge in [0.25, 0.3) is 0 Å². The van der Waals surface area contributed by atoms with Gasteiger partial charge in [-0.1, -0.05) is 60.2 Å². The fraction of sp³-hybridized carbons (Fsp3) is 0.310. The number of sulfonamides is 1. The Morgan fingerprint density at radius 2 is 1.61 bits per heavy atom. The fourth-order valence-corrected chi connectivity index (χ4v) is 4.99. The van der Waals surface area contributed by atoms with Crippen LogP contribution >= 0.6 is 0 Å². The van der Waals surface area contributed by atoms with Crippen LogP contribution in [0.25, 0.3) is 0 Å². The van der Waals surface area contributed by atoms with E-state index in [1.807, 2.05) is 56.3 Å². The highest BCUT2D eigenvalue weighted by atomic mass is 32.2. The number of amides is 2. The lowest BCUT2D eigenvalue weighted by atomic mass is 10.0. The van der Waals surface area contributed by atoms with Crippen molar-refractivity contribution in [1.29, 1.82) is 0 Å². The molecule has 3 aromatic carbocycles. The minimum absolute atomic E-state index is 0.0934. The lowest BCUT2D eigenvalue weighted by Gasteiger charge is -2.33. The average Bonchev–Trinajstić information content (AvgIpc) is 2.90. The Kier molecular flexibility index (Phi) is 9.90. The molecule has 0 aliphatic heterocycles. The number of benzene rings is 3. The second kappa shape index (κ2) is 13.1. The zero-order chi connectivity index (χ0) is 27.7. The lowest BCUT2D eigenvalue weighted by Crippen LogP contribution is -2.53. The van der Waals surface area contributed by atoms with Crippen LogP contribution in [0.4, 0.5) is 5.69 Å². The van der Waals surface area contributed by atoms with E-state index in [2.05, 4.69) is 5.32 Å². The van der Waals surface area contributed by atoms with Crippen LogP contribution in [0.15, 0.2) is 78.9 Å². The van der Waals surface area contributed by atoms with E-state index in [9.17, 15) is 18.0 Å². The summed E-state index contributed by atoms with van der Waals surface area (Å²) in [6.45, 7) is 3.75. The normalized spacial score (nSPS) is 11.9. The molecule has 0 aromatic heterocycles. The SMILES string of the molecule is CCNC(=O)[C@H](Cc1ccccc1)N(Cc1cccc(OC)c1)C(=O)CN(c1ccc(C)cc1)S(C)(=O)=O. The Morgan fingerprint density at radius 1 is 0.947 bits per heavy atom. The number of carbonyl (C=O) groups is 2. The summed E-state index contributed by atoms with van der Waals surface area (Å²) in [5.74, 6) is -0.190. The van der Waals surface area contributed by atoms with E-state index in [-0.39, 0.29) is 18.9 Å². The van der Waals surface area contributed by atoms with Crippen LogP contribution in [0.1, 0.15) is 23.6 Å². The number of ether oxygens (including phenoxy) is 1. The summed E-state index contributed by atoms with van der Waals surface area (Å²) in [5.41, 5.74) is 2.98. The standard InChI is InChI=1S/C29H35N3O5S/c1-5-30-29(34)27(19-23-10-7-6-8-11-23)31(20-24-12-9-13-26(18-24)37-3)28(33)21-32(38(4,35)36)25-16-14-22(2)15-17-25/h6-18,27H,5,19-21H2,1-4H3,(H,30,34)/t27-/m0/s1. The monoisotopic (exact) mass is 537 g/mol. The van der Waals surface area contributed by atoms with E-state index in [1.165, 1.54) is 4.90 Å². The van der Waals surface area contributed by atoms with Crippen LogP contribution in [0.3, 0.4) is 0 Å². The minimum Gasteiger partial charge on any atom is -0.497 e. The maximum atomic E-state index is 13.9. The number of carbonyl (C=O) groups excluding carboxylic acids is 2. The van der Waals surface area contributed by atoms with Gasteiger partial charge in [-0.25, -0.2) is 8.42 Å². The van der Waals surface area contributed by atoms with Crippen molar-refractivity contribution in [3.63, 3.8) is 0 Å². The maximum Gasteiger partial charge on any atom is 0.244 e. The molecule has 0 spiro atoms. The molecule has 2 amide bonds. The molecular weight excluding hydrogens is 502 g/mol. The molecule has 0 fully saturated rings. The Balaban J connectivity index is 2.04. The smallest absolute Gasteiger partial charge is 0.244 e.